The van der Waals surface area contributed by atoms with E-state index in [0.29, 0.717) is 16.2 Å². The van der Waals surface area contributed by atoms with Gasteiger partial charge in [-0.15, -0.1) is 0 Å². The summed E-state index contributed by atoms with van der Waals surface area (Å²) < 4.78 is 5.02. The van der Waals surface area contributed by atoms with Crippen LogP contribution in [0, 0.1) is 0 Å². The molecule has 1 heterocycles. The molecule has 1 N–H and O–H groups in total. The number of imide groups is 1. The molecule has 0 spiro atoms. The number of nitrogens with zero attached hydrogens (tertiary/aromatic N) is 1. The van der Waals surface area contributed by atoms with Crippen molar-refractivity contribution in [1.82, 2.24) is 4.90 Å². The predicted molar refractivity (Wildman–Crippen MR) is 110 cm³/mol. The number of hydrogen-bond acceptors (Lipinski definition) is 5. The van der Waals surface area contributed by atoms with E-state index in [1.54, 1.807) is 18.2 Å². The lowest BCUT2D eigenvalue weighted by Crippen LogP contribution is -2.27. The minimum atomic E-state index is -0.335. The number of carbonyl (C=O) groups is 2. The molecule has 0 aliphatic carbocycles. The summed E-state index contributed by atoms with van der Waals surface area (Å²) in [6.45, 7) is 0.219. The Bertz CT molecular complexity index is 1120. The second kappa shape index (κ2) is 7.40. The van der Waals surface area contributed by atoms with Crippen LogP contribution >= 0.6 is 11.8 Å². The number of amides is 2. The number of rotatable bonds is 4. The van der Waals surface area contributed by atoms with Crippen LogP contribution in [-0.2, 0) is 11.3 Å². The SMILES string of the molecule is COc1ccc(/C=C2\SC(=O)N(Cc3cccc4ccccc34)C2=O)cc1O. The van der Waals surface area contributed by atoms with Crippen molar-refractivity contribution in [3.8, 4) is 11.5 Å². The van der Waals surface area contributed by atoms with Gasteiger partial charge in [0.1, 0.15) is 0 Å². The van der Waals surface area contributed by atoms with E-state index in [9.17, 15) is 14.7 Å². The fourth-order valence-corrected chi connectivity index (χ4v) is 4.02. The van der Waals surface area contributed by atoms with Crippen LogP contribution in [-0.4, -0.2) is 28.3 Å². The normalized spacial score (nSPS) is 15.6. The summed E-state index contributed by atoms with van der Waals surface area (Å²) in [7, 11) is 1.47. The number of benzene rings is 3. The minimum absolute atomic E-state index is 0.0220. The molecule has 28 heavy (non-hydrogen) atoms. The maximum atomic E-state index is 12.8. The molecular formula is C22H17NO4S. The first-order chi connectivity index (χ1) is 13.6. The number of phenolic OH excluding ortho intramolecular Hbond substituents is 1. The Hall–Kier alpha value is -3.25. The molecule has 0 unspecified atom stereocenters. The summed E-state index contributed by atoms with van der Waals surface area (Å²) in [5.41, 5.74) is 1.54. The number of phenols is 1. The zero-order valence-electron chi connectivity index (χ0n) is 15.1. The second-order valence-corrected chi connectivity index (χ2v) is 7.33. The van der Waals surface area contributed by atoms with E-state index in [1.807, 2.05) is 42.5 Å². The van der Waals surface area contributed by atoms with Crippen LogP contribution in [0.25, 0.3) is 16.8 Å². The Kier molecular flexibility index (Phi) is 4.79. The van der Waals surface area contributed by atoms with E-state index >= 15 is 0 Å². The quantitative estimate of drug-likeness (QED) is 0.648. The third-order valence-electron chi connectivity index (χ3n) is 4.58. The summed E-state index contributed by atoms with van der Waals surface area (Å²) in [4.78, 5) is 26.8. The summed E-state index contributed by atoms with van der Waals surface area (Å²) >= 11 is 0.903. The highest BCUT2D eigenvalue weighted by Gasteiger charge is 2.35. The van der Waals surface area contributed by atoms with E-state index in [-0.39, 0.29) is 23.4 Å². The highest BCUT2D eigenvalue weighted by molar-refractivity contribution is 8.18. The van der Waals surface area contributed by atoms with Crippen LogP contribution in [0.5, 0.6) is 11.5 Å². The van der Waals surface area contributed by atoms with Crippen LogP contribution in [0.1, 0.15) is 11.1 Å². The van der Waals surface area contributed by atoms with Gasteiger partial charge < -0.3 is 9.84 Å². The van der Waals surface area contributed by atoms with Crippen LogP contribution < -0.4 is 4.74 Å². The number of aromatic hydroxyl groups is 1. The molecule has 0 bridgehead atoms. The Balaban J connectivity index is 1.61. The molecule has 1 aliphatic heterocycles. The van der Waals surface area contributed by atoms with Crippen LogP contribution in [0.3, 0.4) is 0 Å². The van der Waals surface area contributed by atoms with Crippen LogP contribution in [0.2, 0.25) is 0 Å². The molecule has 1 saturated heterocycles. The van der Waals surface area contributed by atoms with Gasteiger partial charge in [0.15, 0.2) is 11.5 Å². The topological polar surface area (TPSA) is 66.8 Å². The molecule has 2 amide bonds. The molecule has 3 aromatic carbocycles. The van der Waals surface area contributed by atoms with Crippen molar-refractivity contribution in [2.75, 3.05) is 7.11 Å². The van der Waals surface area contributed by atoms with Crippen molar-refractivity contribution in [2.45, 2.75) is 6.54 Å². The van der Waals surface area contributed by atoms with E-state index in [4.69, 9.17) is 4.74 Å². The number of hydrogen-bond donors (Lipinski definition) is 1. The zero-order chi connectivity index (χ0) is 19.7. The average Bonchev–Trinajstić information content (AvgIpc) is 2.96. The third kappa shape index (κ3) is 3.34. The van der Waals surface area contributed by atoms with Gasteiger partial charge in [-0.3, -0.25) is 14.5 Å². The first-order valence-corrected chi connectivity index (χ1v) is 9.47. The lowest BCUT2D eigenvalue weighted by Gasteiger charge is -2.14. The van der Waals surface area contributed by atoms with E-state index in [1.165, 1.54) is 18.1 Å². The molecule has 1 fully saturated rings. The van der Waals surface area contributed by atoms with Crippen molar-refractivity contribution in [3.05, 3.63) is 76.7 Å². The lowest BCUT2D eigenvalue weighted by molar-refractivity contribution is -0.123. The summed E-state index contributed by atoms with van der Waals surface area (Å²) in [6.07, 6.45) is 1.60. The van der Waals surface area contributed by atoms with Crippen molar-refractivity contribution in [3.63, 3.8) is 0 Å². The van der Waals surface area contributed by atoms with Gasteiger partial charge in [-0.1, -0.05) is 48.5 Å². The molecule has 1 aliphatic rings. The number of fused-ring (bicyclic) bond motifs is 1. The number of thioether (sulfide) groups is 1. The highest BCUT2D eigenvalue weighted by Crippen LogP contribution is 2.35. The molecule has 3 aromatic rings. The molecule has 4 rings (SSSR count). The number of carbonyl (C=O) groups excluding carboxylic acids is 2. The van der Waals surface area contributed by atoms with Crippen molar-refractivity contribution < 1.29 is 19.4 Å². The lowest BCUT2D eigenvalue weighted by atomic mass is 10.0. The van der Waals surface area contributed by atoms with Gasteiger partial charge >= 0.3 is 0 Å². The fraction of sp³-hybridized carbons (Fsp3) is 0.0909. The molecule has 0 atom stereocenters. The molecular weight excluding hydrogens is 374 g/mol. The zero-order valence-corrected chi connectivity index (χ0v) is 15.9. The molecule has 0 aromatic heterocycles. The largest absolute Gasteiger partial charge is 0.504 e. The predicted octanol–water partition coefficient (Wildman–Crippen LogP) is 4.79. The molecule has 5 nitrogen and oxygen atoms in total. The average molecular weight is 391 g/mol. The van der Waals surface area contributed by atoms with E-state index in [0.717, 1.165) is 28.1 Å². The highest BCUT2D eigenvalue weighted by atomic mass is 32.2. The Morgan fingerprint density at radius 3 is 2.64 bits per heavy atom. The maximum absolute atomic E-state index is 12.8. The Morgan fingerprint density at radius 2 is 1.86 bits per heavy atom. The van der Waals surface area contributed by atoms with Crippen LogP contribution in [0.15, 0.2) is 65.6 Å². The third-order valence-corrected chi connectivity index (χ3v) is 5.49. The van der Waals surface area contributed by atoms with Gasteiger partial charge in [0.2, 0.25) is 0 Å². The van der Waals surface area contributed by atoms with Crippen molar-refractivity contribution >= 4 is 39.8 Å². The monoisotopic (exact) mass is 391 g/mol. The number of methoxy groups -OCH3 is 1. The van der Waals surface area contributed by atoms with Gasteiger partial charge in [-0.25, -0.2) is 0 Å². The van der Waals surface area contributed by atoms with Crippen molar-refractivity contribution in [2.24, 2.45) is 0 Å². The summed E-state index contributed by atoms with van der Waals surface area (Å²) in [6, 6.07) is 18.6. The molecule has 6 heteroatoms. The standard InChI is InChI=1S/C22H17NO4S/c1-27-19-10-9-14(11-18(19)24)12-20-21(25)23(22(26)28-20)13-16-7-4-6-15-5-2-3-8-17(15)16/h2-12,24H,13H2,1H3/b20-12-. The summed E-state index contributed by atoms with van der Waals surface area (Å²) in [5.74, 6) is -0.00862. The van der Waals surface area contributed by atoms with Gasteiger partial charge in [0.05, 0.1) is 18.6 Å². The van der Waals surface area contributed by atoms with Gasteiger partial charge in [-0.05, 0) is 51.9 Å². The maximum Gasteiger partial charge on any atom is 0.293 e. The van der Waals surface area contributed by atoms with Gasteiger partial charge in [0, 0.05) is 0 Å². The second-order valence-electron chi connectivity index (χ2n) is 6.34. The number of ether oxygens (including phenoxy) is 1. The first-order valence-electron chi connectivity index (χ1n) is 8.66. The summed E-state index contributed by atoms with van der Waals surface area (Å²) in [5, 5.41) is 11.7. The van der Waals surface area contributed by atoms with Gasteiger partial charge in [0.25, 0.3) is 11.1 Å². The van der Waals surface area contributed by atoms with E-state index < -0.39 is 0 Å². The molecule has 140 valence electrons. The minimum Gasteiger partial charge on any atom is -0.504 e. The molecule has 0 radical (unpaired) electrons. The Morgan fingerprint density at radius 1 is 1.07 bits per heavy atom. The fourth-order valence-electron chi connectivity index (χ4n) is 3.19. The Labute approximate surface area is 166 Å². The smallest absolute Gasteiger partial charge is 0.293 e. The van der Waals surface area contributed by atoms with Crippen molar-refractivity contribution in [1.29, 1.82) is 0 Å². The van der Waals surface area contributed by atoms with Crippen LogP contribution in [0.4, 0.5) is 4.79 Å². The molecule has 0 saturated carbocycles. The van der Waals surface area contributed by atoms with E-state index in [2.05, 4.69) is 0 Å². The van der Waals surface area contributed by atoms with Gasteiger partial charge in [-0.2, -0.15) is 0 Å². The first kappa shape index (κ1) is 18.1.